The molecule has 1 aliphatic rings. The summed E-state index contributed by atoms with van der Waals surface area (Å²) in [6.07, 6.45) is 3.86. The maximum absolute atomic E-state index is 13.9. The van der Waals surface area contributed by atoms with E-state index in [1.807, 2.05) is 24.9 Å². The predicted octanol–water partition coefficient (Wildman–Crippen LogP) is 3.08. The molecule has 0 aromatic heterocycles. The molecule has 1 aliphatic carbocycles. The zero-order valence-electron chi connectivity index (χ0n) is 10.6. The number of halogens is 1. The van der Waals surface area contributed by atoms with Crippen LogP contribution in [0.15, 0.2) is 18.2 Å². The van der Waals surface area contributed by atoms with Gasteiger partial charge >= 0.3 is 0 Å². The summed E-state index contributed by atoms with van der Waals surface area (Å²) in [6.45, 7) is 2.83. The molecule has 0 heterocycles. The molecule has 0 aliphatic heterocycles. The fraction of sp³-hybridized carbons (Fsp3) is 0.571. The summed E-state index contributed by atoms with van der Waals surface area (Å²) >= 11 is 0. The normalized spacial score (nSPS) is 17.6. The van der Waals surface area contributed by atoms with Crippen molar-refractivity contribution >= 4 is 5.69 Å². The third kappa shape index (κ3) is 2.60. The van der Waals surface area contributed by atoms with E-state index in [4.69, 9.17) is 5.73 Å². The largest absolute Gasteiger partial charge is 0.372 e. The summed E-state index contributed by atoms with van der Waals surface area (Å²) in [4.78, 5) is 2.03. The lowest BCUT2D eigenvalue weighted by molar-refractivity contribution is 0.320. The Morgan fingerprint density at radius 1 is 1.47 bits per heavy atom. The van der Waals surface area contributed by atoms with Gasteiger partial charge in [0, 0.05) is 19.6 Å². The van der Waals surface area contributed by atoms with E-state index in [-0.39, 0.29) is 11.9 Å². The average molecular weight is 236 g/mol. The zero-order chi connectivity index (χ0) is 12.4. The molecule has 94 valence electrons. The highest BCUT2D eigenvalue weighted by atomic mass is 19.1. The van der Waals surface area contributed by atoms with Crippen molar-refractivity contribution in [2.24, 2.45) is 11.7 Å². The number of benzene rings is 1. The minimum Gasteiger partial charge on any atom is -0.372 e. The number of para-hydroxylation sites is 1. The molecule has 1 aromatic carbocycles. The summed E-state index contributed by atoms with van der Waals surface area (Å²) in [5, 5.41) is 0. The quantitative estimate of drug-likeness (QED) is 0.870. The summed E-state index contributed by atoms with van der Waals surface area (Å²) < 4.78 is 13.9. The van der Waals surface area contributed by atoms with Crippen molar-refractivity contribution in [2.45, 2.75) is 32.2 Å². The van der Waals surface area contributed by atoms with E-state index in [1.165, 1.54) is 25.3 Å². The van der Waals surface area contributed by atoms with Gasteiger partial charge in [0.25, 0.3) is 0 Å². The van der Waals surface area contributed by atoms with Crippen molar-refractivity contribution in [2.75, 3.05) is 18.5 Å². The monoisotopic (exact) mass is 236 g/mol. The molecule has 0 radical (unpaired) electrons. The Morgan fingerprint density at radius 2 is 2.18 bits per heavy atom. The summed E-state index contributed by atoms with van der Waals surface area (Å²) in [7, 11) is 1.96. The van der Waals surface area contributed by atoms with Gasteiger partial charge < -0.3 is 10.6 Å². The van der Waals surface area contributed by atoms with Crippen LogP contribution in [-0.2, 0) is 0 Å². The van der Waals surface area contributed by atoms with Crippen molar-refractivity contribution in [1.29, 1.82) is 0 Å². The third-order valence-corrected chi connectivity index (χ3v) is 3.65. The number of hydrogen-bond acceptors (Lipinski definition) is 2. The highest BCUT2D eigenvalue weighted by Crippen LogP contribution is 2.32. The van der Waals surface area contributed by atoms with Gasteiger partial charge in [0.1, 0.15) is 5.82 Å². The van der Waals surface area contributed by atoms with Gasteiger partial charge in [-0.15, -0.1) is 0 Å². The number of rotatable bonds is 4. The van der Waals surface area contributed by atoms with Gasteiger partial charge in [-0.3, -0.25) is 0 Å². The first-order valence-electron chi connectivity index (χ1n) is 6.34. The molecular formula is C14H21FN2. The van der Waals surface area contributed by atoms with Crippen LogP contribution in [0.4, 0.5) is 10.1 Å². The second kappa shape index (κ2) is 5.05. The maximum atomic E-state index is 13.9. The van der Waals surface area contributed by atoms with Gasteiger partial charge in [0.15, 0.2) is 0 Å². The van der Waals surface area contributed by atoms with E-state index in [0.717, 1.165) is 18.0 Å². The van der Waals surface area contributed by atoms with Gasteiger partial charge in [0.05, 0.1) is 5.69 Å². The van der Waals surface area contributed by atoms with Crippen molar-refractivity contribution < 1.29 is 4.39 Å². The molecule has 0 spiro atoms. The second-order valence-corrected chi connectivity index (χ2v) is 5.14. The first-order chi connectivity index (χ1) is 8.09. The summed E-state index contributed by atoms with van der Waals surface area (Å²) in [6, 6.07) is 5.03. The van der Waals surface area contributed by atoms with Crippen molar-refractivity contribution in [3.63, 3.8) is 0 Å². The van der Waals surface area contributed by atoms with Gasteiger partial charge in [-0.2, -0.15) is 0 Å². The molecule has 17 heavy (non-hydrogen) atoms. The molecule has 3 heteroatoms. The Hall–Kier alpha value is -1.09. The van der Waals surface area contributed by atoms with E-state index in [9.17, 15) is 4.39 Å². The van der Waals surface area contributed by atoms with Gasteiger partial charge in [-0.05, 0) is 37.3 Å². The number of hydrogen-bond donors (Lipinski definition) is 1. The Labute approximate surface area is 103 Å². The van der Waals surface area contributed by atoms with Gasteiger partial charge in [0.2, 0.25) is 0 Å². The lowest BCUT2D eigenvalue weighted by Crippen LogP contribution is -2.31. The molecule has 1 aromatic rings. The lowest BCUT2D eigenvalue weighted by atomic mass is 9.85. The minimum absolute atomic E-state index is 0.135. The van der Waals surface area contributed by atoms with Crippen LogP contribution in [0.3, 0.4) is 0 Å². The number of nitrogens with zero attached hydrogens (tertiary/aromatic N) is 1. The Morgan fingerprint density at radius 3 is 2.71 bits per heavy atom. The molecule has 1 atom stereocenters. The van der Waals surface area contributed by atoms with Crippen LogP contribution in [-0.4, -0.2) is 13.6 Å². The number of anilines is 1. The van der Waals surface area contributed by atoms with Crippen LogP contribution < -0.4 is 10.6 Å². The smallest absolute Gasteiger partial charge is 0.146 e. The van der Waals surface area contributed by atoms with Crippen LogP contribution in [0.5, 0.6) is 0 Å². The topological polar surface area (TPSA) is 29.3 Å². The van der Waals surface area contributed by atoms with Crippen molar-refractivity contribution in [3.8, 4) is 0 Å². The van der Waals surface area contributed by atoms with Crippen LogP contribution >= 0.6 is 0 Å². The fourth-order valence-electron chi connectivity index (χ4n) is 2.46. The highest BCUT2D eigenvalue weighted by Gasteiger charge is 2.22. The molecular weight excluding hydrogens is 215 g/mol. The van der Waals surface area contributed by atoms with E-state index in [0.29, 0.717) is 5.69 Å². The molecule has 0 bridgehead atoms. The Balaban J connectivity index is 2.22. The number of nitrogens with two attached hydrogens (primary N) is 1. The minimum atomic E-state index is -0.165. The molecule has 1 saturated carbocycles. The summed E-state index contributed by atoms with van der Waals surface area (Å²) in [5.41, 5.74) is 7.48. The second-order valence-electron chi connectivity index (χ2n) is 5.14. The van der Waals surface area contributed by atoms with Crippen molar-refractivity contribution in [1.82, 2.24) is 0 Å². The van der Waals surface area contributed by atoms with Gasteiger partial charge in [-0.1, -0.05) is 18.6 Å². The van der Waals surface area contributed by atoms with Crippen LogP contribution in [0, 0.1) is 11.7 Å². The van der Waals surface area contributed by atoms with Crippen LogP contribution in [0.2, 0.25) is 0 Å². The molecule has 0 amide bonds. The average Bonchev–Trinajstić information content (AvgIpc) is 2.22. The molecule has 2 rings (SSSR count). The molecule has 1 fully saturated rings. The SMILES string of the molecule is CC(N)c1cccc(F)c1N(C)CC1CCC1. The first kappa shape index (κ1) is 12.4. The van der Waals surface area contributed by atoms with Crippen LogP contribution in [0.25, 0.3) is 0 Å². The van der Waals surface area contributed by atoms with E-state index >= 15 is 0 Å². The standard InChI is InChI=1S/C14H21FN2/c1-10(16)12-7-4-8-13(15)14(12)17(2)9-11-5-3-6-11/h4,7-8,10-11H,3,5-6,9,16H2,1-2H3. The maximum Gasteiger partial charge on any atom is 0.146 e. The van der Waals surface area contributed by atoms with E-state index in [2.05, 4.69) is 0 Å². The molecule has 2 N–H and O–H groups in total. The molecule has 2 nitrogen and oxygen atoms in total. The Bertz CT molecular complexity index is 386. The van der Waals surface area contributed by atoms with Gasteiger partial charge in [-0.25, -0.2) is 4.39 Å². The summed E-state index contributed by atoms with van der Waals surface area (Å²) in [5.74, 6) is 0.558. The van der Waals surface area contributed by atoms with Crippen LogP contribution in [0.1, 0.15) is 37.8 Å². The van der Waals surface area contributed by atoms with E-state index < -0.39 is 0 Å². The molecule has 1 unspecified atom stereocenters. The third-order valence-electron chi connectivity index (χ3n) is 3.65. The van der Waals surface area contributed by atoms with Crippen molar-refractivity contribution in [3.05, 3.63) is 29.6 Å². The fourth-order valence-corrected chi connectivity index (χ4v) is 2.46. The first-order valence-corrected chi connectivity index (χ1v) is 6.34. The Kier molecular flexibility index (Phi) is 3.67. The highest BCUT2D eigenvalue weighted by molar-refractivity contribution is 5.55. The zero-order valence-corrected chi connectivity index (χ0v) is 10.6. The predicted molar refractivity (Wildman–Crippen MR) is 69.6 cm³/mol. The molecule has 0 saturated heterocycles. The van der Waals surface area contributed by atoms with E-state index in [1.54, 1.807) is 6.07 Å². The lowest BCUT2D eigenvalue weighted by Gasteiger charge is -2.32.